The highest BCUT2D eigenvalue weighted by Gasteiger charge is 2.21. The summed E-state index contributed by atoms with van der Waals surface area (Å²) in [7, 11) is 0. The monoisotopic (exact) mass is 274 g/mol. The van der Waals surface area contributed by atoms with E-state index in [1.165, 1.54) is 0 Å². The van der Waals surface area contributed by atoms with Crippen LogP contribution in [0.5, 0.6) is 0 Å². The Bertz CT molecular complexity index is 485. The minimum atomic E-state index is 0. The minimum absolute atomic E-state index is 0. The molecule has 1 atom stereocenters. The van der Waals surface area contributed by atoms with E-state index in [0.29, 0.717) is 6.04 Å². The van der Waals surface area contributed by atoms with Crippen LogP contribution in [0.1, 0.15) is 6.42 Å². The average Bonchev–Trinajstić information content (AvgIpc) is 2.84. The zero-order valence-electron chi connectivity index (χ0n) is 9.32. The van der Waals surface area contributed by atoms with Gasteiger partial charge in [-0.1, -0.05) is 0 Å². The zero-order chi connectivity index (χ0) is 10.3. The van der Waals surface area contributed by atoms with Gasteiger partial charge in [-0.3, -0.25) is 0 Å². The molecule has 0 radical (unpaired) electrons. The van der Waals surface area contributed by atoms with E-state index in [1.807, 2.05) is 24.7 Å². The fraction of sp³-hybridized carbons (Fsp3) is 0.364. The maximum atomic E-state index is 5.91. The van der Waals surface area contributed by atoms with E-state index in [0.717, 1.165) is 30.8 Å². The van der Waals surface area contributed by atoms with E-state index >= 15 is 0 Å². The van der Waals surface area contributed by atoms with Crippen molar-refractivity contribution in [2.24, 2.45) is 5.73 Å². The van der Waals surface area contributed by atoms with Crippen molar-refractivity contribution in [1.82, 2.24) is 9.38 Å². The minimum Gasteiger partial charge on any atom is -0.353 e. The van der Waals surface area contributed by atoms with Crippen LogP contribution < -0.4 is 10.6 Å². The van der Waals surface area contributed by atoms with Gasteiger partial charge in [0.1, 0.15) is 0 Å². The number of fused-ring (bicyclic) bond motifs is 1. The number of halogens is 2. The third-order valence-corrected chi connectivity index (χ3v) is 2.96. The lowest BCUT2D eigenvalue weighted by molar-refractivity contribution is 0.751. The maximum Gasteiger partial charge on any atom is 0.152 e. The van der Waals surface area contributed by atoms with Gasteiger partial charge in [0.2, 0.25) is 0 Å². The highest BCUT2D eigenvalue weighted by atomic mass is 35.5. The van der Waals surface area contributed by atoms with Crippen LogP contribution in [0.2, 0.25) is 0 Å². The summed E-state index contributed by atoms with van der Waals surface area (Å²) in [6, 6.07) is 4.42. The lowest BCUT2D eigenvalue weighted by Crippen LogP contribution is -2.27. The molecule has 2 aromatic heterocycles. The van der Waals surface area contributed by atoms with Crippen LogP contribution >= 0.6 is 24.8 Å². The van der Waals surface area contributed by atoms with Crippen LogP contribution in [0.4, 0.5) is 5.82 Å². The molecule has 0 saturated carbocycles. The quantitative estimate of drug-likeness (QED) is 0.862. The Morgan fingerprint density at radius 1 is 1.29 bits per heavy atom. The molecule has 0 aromatic carbocycles. The van der Waals surface area contributed by atoms with Crippen molar-refractivity contribution in [3.63, 3.8) is 0 Å². The number of nitrogens with zero attached hydrogens (tertiary/aromatic N) is 3. The van der Waals surface area contributed by atoms with Crippen LogP contribution in [0.3, 0.4) is 0 Å². The third-order valence-electron chi connectivity index (χ3n) is 2.96. The van der Waals surface area contributed by atoms with E-state index in [2.05, 4.69) is 20.4 Å². The first-order valence-corrected chi connectivity index (χ1v) is 5.27. The Morgan fingerprint density at radius 3 is 2.82 bits per heavy atom. The Labute approximate surface area is 113 Å². The average molecular weight is 275 g/mol. The Balaban J connectivity index is 0.000000722. The molecule has 6 heteroatoms. The predicted octanol–water partition coefficient (Wildman–Crippen LogP) is 1.72. The first kappa shape index (κ1) is 14.1. The molecule has 1 fully saturated rings. The number of rotatable bonds is 1. The van der Waals surface area contributed by atoms with Crippen molar-refractivity contribution < 1.29 is 0 Å². The van der Waals surface area contributed by atoms with E-state index in [9.17, 15) is 0 Å². The van der Waals surface area contributed by atoms with Crippen molar-refractivity contribution >= 4 is 36.1 Å². The normalized spacial score (nSPS) is 18.9. The van der Waals surface area contributed by atoms with Crippen LogP contribution in [0, 0.1) is 0 Å². The summed E-state index contributed by atoms with van der Waals surface area (Å²) in [6.07, 6.45) is 6.90. The summed E-state index contributed by atoms with van der Waals surface area (Å²) in [5.41, 5.74) is 7.06. The second-order valence-electron chi connectivity index (χ2n) is 4.05. The van der Waals surface area contributed by atoms with Gasteiger partial charge in [-0.05, 0) is 18.6 Å². The molecule has 0 unspecified atom stereocenters. The smallest absolute Gasteiger partial charge is 0.152 e. The first-order valence-electron chi connectivity index (χ1n) is 5.27. The van der Waals surface area contributed by atoms with Gasteiger partial charge >= 0.3 is 0 Å². The van der Waals surface area contributed by atoms with Crippen molar-refractivity contribution in [3.8, 4) is 0 Å². The SMILES string of the molecule is Cl.Cl.N[C@@H]1CCN(c2nccn3cccc23)C1. The first-order chi connectivity index (χ1) is 7.34. The van der Waals surface area contributed by atoms with Gasteiger partial charge in [0.25, 0.3) is 0 Å². The molecule has 1 aliphatic rings. The summed E-state index contributed by atoms with van der Waals surface area (Å²) in [5, 5.41) is 0. The summed E-state index contributed by atoms with van der Waals surface area (Å²) in [6.45, 7) is 1.93. The van der Waals surface area contributed by atoms with Gasteiger partial charge in [-0.15, -0.1) is 24.8 Å². The van der Waals surface area contributed by atoms with Crippen molar-refractivity contribution in [1.29, 1.82) is 0 Å². The topological polar surface area (TPSA) is 46.6 Å². The highest BCUT2D eigenvalue weighted by Crippen LogP contribution is 2.22. The molecule has 17 heavy (non-hydrogen) atoms. The van der Waals surface area contributed by atoms with Crippen molar-refractivity contribution in [3.05, 3.63) is 30.7 Å². The van der Waals surface area contributed by atoms with Crippen molar-refractivity contribution in [2.45, 2.75) is 12.5 Å². The van der Waals surface area contributed by atoms with Crippen molar-refractivity contribution in [2.75, 3.05) is 18.0 Å². The highest BCUT2D eigenvalue weighted by molar-refractivity contribution is 5.85. The van der Waals surface area contributed by atoms with E-state index < -0.39 is 0 Å². The second-order valence-corrected chi connectivity index (χ2v) is 4.05. The summed E-state index contributed by atoms with van der Waals surface area (Å²) >= 11 is 0. The van der Waals surface area contributed by atoms with Gasteiger partial charge in [0.05, 0.1) is 5.52 Å². The van der Waals surface area contributed by atoms with Gasteiger partial charge < -0.3 is 15.0 Å². The van der Waals surface area contributed by atoms with Gasteiger partial charge in [-0.25, -0.2) is 4.98 Å². The standard InChI is InChI=1S/C11H14N4.2ClH/c12-9-3-6-15(8-9)11-10-2-1-5-14(10)7-4-13-11;;/h1-2,4-5,7,9H,3,6,8,12H2;2*1H/t9-;;/m1../s1. The van der Waals surface area contributed by atoms with Crippen LogP contribution in [0.25, 0.3) is 5.52 Å². The molecule has 94 valence electrons. The summed E-state index contributed by atoms with van der Waals surface area (Å²) in [4.78, 5) is 6.71. The molecule has 1 saturated heterocycles. The number of aromatic nitrogens is 2. The summed E-state index contributed by atoms with van der Waals surface area (Å²) < 4.78 is 2.09. The van der Waals surface area contributed by atoms with Gasteiger partial charge in [-0.2, -0.15) is 0 Å². The number of hydrogen-bond donors (Lipinski definition) is 1. The number of anilines is 1. The molecular formula is C11H16Cl2N4. The largest absolute Gasteiger partial charge is 0.353 e. The molecular weight excluding hydrogens is 259 g/mol. The molecule has 0 aliphatic carbocycles. The van der Waals surface area contributed by atoms with Crippen LogP contribution in [-0.4, -0.2) is 28.5 Å². The van der Waals surface area contributed by atoms with E-state index in [1.54, 1.807) is 0 Å². The predicted molar refractivity (Wildman–Crippen MR) is 74.5 cm³/mol. The lowest BCUT2D eigenvalue weighted by atomic mass is 10.3. The second kappa shape index (κ2) is 5.58. The molecule has 2 N–H and O–H groups in total. The van der Waals surface area contributed by atoms with Crippen LogP contribution in [-0.2, 0) is 0 Å². The fourth-order valence-electron chi connectivity index (χ4n) is 2.18. The summed E-state index contributed by atoms with van der Waals surface area (Å²) in [5.74, 6) is 1.05. The molecule has 3 heterocycles. The zero-order valence-corrected chi connectivity index (χ0v) is 11.0. The number of hydrogen-bond acceptors (Lipinski definition) is 3. The maximum absolute atomic E-state index is 5.91. The van der Waals surface area contributed by atoms with E-state index in [-0.39, 0.29) is 24.8 Å². The Kier molecular flexibility index (Phi) is 4.62. The lowest BCUT2D eigenvalue weighted by Gasteiger charge is -2.17. The molecule has 4 nitrogen and oxygen atoms in total. The Morgan fingerprint density at radius 2 is 2.12 bits per heavy atom. The van der Waals surface area contributed by atoms with Crippen LogP contribution in [0.15, 0.2) is 30.7 Å². The van der Waals surface area contributed by atoms with Gasteiger partial charge in [0.15, 0.2) is 5.82 Å². The Hall–Kier alpha value is -0.970. The molecule has 2 aromatic rings. The fourth-order valence-corrected chi connectivity index (χ4v) is 2.18. The van der Waals surface area contributed by atoms with Gasteiger partial charge in [0, 0.05) is 37.7 Å². The molecule has 1 aliphatic heterocycles. The molecule has 0 amide bonds. The molecule has 0 bridgehead atoms. The molecule has 3 rings (SSSR count). The van der Waals surface area contributed by atoms with E-state index in [4.69, 9.17) is 5.73 Å². The number of nitrogens with two attached hydrogens (primary N) is 1. The molecule has 0 spiro atoms. The third kappa shape index (κ3) is 2.49.